The van der Waals surface area contributed by atoms with E-state index in [1.807, 2.05) is 0 Å². The zero-order valence-corrected chi connectivity index (χ0v) is 7.79. The van der Waals surface area contributed by atoms with Gasteiger partial charge in [0.2, 0.25) is 0 Å². The molecule has 0 bridgehead atoms. The van der Waals surface area contributed by atoms with Crippen molar-refractivity contribution in [1.82, 2.24) is 0 Å². The Morgan fingerprint density at radius 2 is 1.80 bits per heavy atom. The van der Waals surface area contributed by atoms with E-state index in [0.29, 0.717) is 11.1 Å². The standard InChI is InChI=1S/C11H10O4/c1-2-7-3-5-8(6-4-7)9(12)10(13)11(14)15/h1,3-6,9-10,12-13H,(H,14,15). The van der Waals surface area contributed by atoms with Crippen LogP contribution in [0, 0.1) is 12.3 Å². The van der Waals surface area contributed by atoms with Gasteiger partial charge in [-0.2, -0.15) is 0 Å². The summed E-state index contributed by atoms with van der Waals surface area (Å²) >= 11 is 0. The van der Waals surface area contributed by atoms with E-state index in [-0.39, 0.29) is 0 Å². The fraction of sp³-hybridized carbons (Fsp3) is 0.182. The smallest absolute Gasteiger partial charge is 0.335 e. The summed E-state index contributed by atoms with van der Waals surface area (Å²) in [5.41, 5.74) is 0.930. The number of hydrogen-bond acceptors (Lipinski definition) is 3. The lowest BCUT2D eigenvalue weighted by Gasteiger charge is -2.13. The van der Waals surface area contributed by atoms with Crippen LogP contribution in [0.25, 0.3) is 0 Å². The highest BCUT2D eigenvalue weighted by molar-refractivity contribution is 5.73. The van der Waals surface area contributed by atoms with Crippen LogP contribution in [0.15, 0.2) is 24.3 Å². The highest BCUT2D eigenvalue weighted by Crippen LogP contribution is 2.17. The van der Waals surface area contributed by atoms with Crippen molar-refractivity contribution in [2.24, 2.45) is 0 Å². The molecule has 15 heavy (non-hydrogen) atoms. The van der Waals surface area contributed by atoms with Crippen LogP contribution in [0.1, 0.15) is 17.2 Å². The lowest BCUT2D eigenvalue weighted by atomic mass is 10.0. The van der Waals surface area contributed by atoms with E-state index < -0.39 is 18.2 Å². The van der Waals surface area contributed by atoms with Gasteiger partial charge in [0.05, 0.1) is 0 Å². The predicted octanol–water partition coefficient (Wildman–Crippen LogP) is 0.147. The van der Waals surface area contributed by atoms with Crippen LogP contribution in [0.5, 0.6) is 0 Å². The van der Waals surface area contributed by atoms with Crippen molar-refractivity contribution in [2.45, 2.75) is 12.2 Å². The van der Waals surface area contributed by atoms with Gasteiger partial charge in [0.25, 0.3) is 0 Å². The maximum atomic E-state index is 10.4. The van der Waals surface area contributed by atoms with Crippen molar-refractivity contribution in [3.63, 3.8) is 0 Å². The van der Waals surface area contributed by atoms with E-state index in [9.17, 15) is 9.90 Å². The lowest BCUT2D eigenvalue weighted by Crippen LogP contribution is -2.27. The molecule has 0 radical (unpaired) electrons. The molecule has 0 fully saturated rings. The molecule has 4 nitrogen and oxygen atoms in total. The SMILES string of the molecule is C#Cc1ccc(C(O)C(O)C(=O)O)cc1. The van der Waals surface area contributed by atoms with E-state index in [1.165, 1.54) is 12.1 Å². The van der Waals surface area contributed by atoms with Crippen molar-refractivity contribution in [2.75, 3.05) is 0 Å². The number of aliphatic carboxylic acids is 1. The summed E-state index contributed by atoms with van der Waals surface area (Å²) in [6, 6.07) is 6.08. The second-order valence-electron chi connectivity index (χ2n) is 2.99. The number of hydrogen-bond donors (Lipinski definition) is 3. The Hall–Kier alpha value is -1.83. The molecule has 0 heterocycles. The second kappa shape index (κ2) is 4.60. The van der Waals surface area contributed by atoms with Crippen LogP contribution in [-0.4, -0.2) is 27.4 Å². The van der Waals surface area contributed by atoms with Gasteiger partial charge in [0.15, 0.2) is 6.10 Å². The molecule has 0 spiro atoms. The summed E-state index contributed by atoms with van der Waals surface area (Å²) in [6.45, 7) is 0. The molecule has 0 aliphatic carbocycles. The second-order valence-corrected chi connectivity index (χ2v) is 2.99. The Balaban J connectivity index is 2.88. The lowest BCUT2D eigenvalue weighted by molar-refractivity contribution is -0.153. The van der Waals surface area contributed by atoms with Gasteiger partial charge in [-0.25, -0.2) is 4.79 Å². The van der Waals surface area contributed by atoms with E-state index in [0.717, 1.165) is 0 Å². The van der Waals surface area contributed by atoms with Gasteiger partial charge in [-0.3, -0.25) is 0 Å². The first kappa shape index (κ1) is 11.2. The number of aliphatic hydroxyl groups excluding tert-OH is 2. The van der Waals surface area contributed by atoms with Gasteiger partial charge in [-0.1, -0.05) is 18.1 Å². The normalized spacial score (nSPS) is 13.9. The Bertz CT molecular complexity index is 388. The first-order chi connectivity index (χ1) is 7.06. The van der Waals surface area contributed by atoms with Crippen LogP contribution in [0.2, 0.25) is 0 Å². The third-order valence-corrected chi connectivity index (χ3v) is 1.97. The largest absolute Gasteiger partial charge is 0.479 e. The molecular weight excluding hydrogens is 196 g/mol. The molecule has 4 heteroatoms. The minimum Gasteiger partial charge on any atom is -0.479 e. The fourth-order valence-corrected chi connectivity index (χ4v) is 1.09. The van der Waals surface area contributed by atoms with Crippen molar-refractivity contribution in [1.29, 1.82) is 0 Å². The van der Waals surface area contributed by atoms with Crippen molar-refractivity contribution >= 4 is 5.97 Å². The summed E-state index contributed by atoms with van der Waals surface area (Å²) in [6.07, 6.45) is 1.85. The molecule has 3 N–H and O–H groups in total. The van der Waals surface area contributed by atoms with Crippen molar-refractivity contribution in [3.8, 4) is 12.3 Å². The Morgan fingerprint density at radius 3 is 2.20 bits per heavy atom. The van der Waals surface area contributed by atoms with Gasteiger partial charge in [-0.05, 0) is 17.7 Å². The summed E-state index contributed by atoms with van der Waals surface area (Å²) in [7, 11) is 0. The average molecular weight is 206 g/mol. The molecule has 0 aliphatic heterocycles. The molecule has 78 valence electrons. The number of rotatable bonds is 3. The van der Waals surface area contributed by atoms with Crippen molar-refractivity contribution < 1.29 is 20.1 Å². The predicted molar refractivity (Wildman–Crippen MR) is 53.0 cm³/mol. The molecule has 1 rings (SSSR count). The molecular formula is C11H10O4. The number of carboxylic acid groups (broad SMARTS) is 1. The molecule has 0 aromatic heterocycles. The molecule has 2 unspecified atom stereocenters. The van der Waals surface area contributed by atoms with Crippen molar-refractivity contribution in [3.05, 3.63) is 35.4 Å². The van der Waals surface area contributed by atoms with Crippen LogP contribution < -0.4 is 0 Å². The van der Waals surface area contributed by atoms with Gasteiger partial charge in [0.1, 0.15) is 6.10 Å². The van der Waals surface area contributed by atoms with Gasteiger partial charge in [-0.15, -0.1) is 6.42 Å². The quantitative estimate of drug-likeness (QED) is 0.615. The minimum atomic E-state index is -1.83. The Kier molecular flexibility index (Phi) is 3.45. The number of benzene rings is 1. The van der Waals surface area contributed by atoms with E-state index in [1.54, 1.807) is 12.1 Å². The Labute approximate surface area is 86.8 Å². The summed E-state index contributed by atoms with van der Waals surface area (Å²) in [4.78, 5) is 10.4. The van der Waals surface area contributed by atoms with E-state index in [2.05, 4.69) is 5.92 Å². The summed E-state index contributed by atoms with van der Waals surface area (Å²) in [5.74, 6) is 0.916. The summed E-state index contributed by atoms with van der Waals surface area (Å²) < 4.78 is 0. The number of aliphatic hydroxyl groups is 2. The Morgan fingerprint density at radius 1 is 1.27 bits per heavy atom. The monoisotopic (exact) mass is 206 g/mol. The zero-order valence-electron chi connectivity index (χ0n) is 7.79. The molecule has 0 amide bonds. The van der Waals surface area contributed by atoms with E-state index in [4.69, 9.17) is 16.6 Å². The van der Waals surface area contributed by atoms with Crippen LogP contribution >= 0.6 is 0 Å². The first-order valence-corrected chi connectivity index (χ1v) is 4.21. The summed E-state index contributed by atoms with van der Waals surface area (Å²) in [5, 5.41) is 27.0. The fourth-order valence-electron chi connectivity index (χ4n) is 1.09. The zero-order chi connectivity index (χ0) is 11.4. The number of terminal acetylenes is 1. The maximum absolute atomic E-state index is 10.4. The number of carboxylic acids is 1. The number of carbonyl (C=O) groups is 1. The molecule has 1 aromatic rings. The molecule has 2 atom stereocenters. The third kappa shape index (κ3) is 2.56. The van der Waals surface area contributed by atoms with Gasteiger partial charge >= 0.3 is 5.97 Å². The van der Waals surface area contributed by atoms with Gasteiger partial charge < -0.3 is 15.3 Å². The van der Waals surface area contributed by atoms with Crippen LogP contribution in [0.4, 0.5) is 0 Å². The molecule has 0 aliphatic rings. The molecule has 0 saturated heterocycles. The van der Waals surface area contributed by atoms with Crippen LogP contribution in [0.3, 0.4) is 0 Å². The van der Waals surface area contributed by atoms with Crippen LogP contribution in [-0.2, 0) is 4.79 Å². The van der Waals surface area contributed by atoms with Gasteiger partial charge in [0, 0.05) is 5.56 Å². The third-order valence-electron chi connectivity index (χ3n) is 1.97. The molecule has 0 saturated carbocycles. The van der Waals surface area contributed by atoms with E-state index >= 15 is 0 Å². The highest BCUT2D eigenvalue weighted by Gasteiger charge is 2.24. The topological polar surface area (TPSA) is 77.8 Å². The minimum absolute atomic E-state index is 0.309. The first-order valence-electron chi connectivity index (χ1n) is 4.21. The average Bonchev–Trinajstić information content (AvgIpc) is 2.27. The highest BCUT2D eigenvalue weighted by atomic mass is 16.4. The maximum Gasteiger partial charge on any atom is 0.335 e. The molecule has 1 aromatic carbocycles.